The van der Waals surface area contributed by atoms with Crippen molar-refractivity contribution in [3.8, 4) is 5.75 Å². The number of aromatic nitrogens is 2. The number of ether oxygens (including phenoxy) is 1. The standard InChI is InChI=1S/C14H15N3O2/c18-14(15-8-12-5-6-16-17-12)11-7-10-3-1-2-4-13(10)19-9-11/h1-6,11H,7-9H2,(H,15,18)(H,16,17). The number of nitrogens with zero attached hydrogens (tertiary/aromatic N) is 1. The van der Waals surface area contributed by atoms with Gasteiger partial charge >= 0.3 is 0 Å². The SMILES string of the molecule is O=C(NCc1ccn[nH]1)C1COc2ccccc2C1. The van der Waals surface area contributed by atoms with E-state index in [2.05, 4.69) is 15.5 Å². The maximum atomic E-state index is 12.1. The number of benzene rings is 1. The summed E-state index contributed by atoms with van der Waals surface area (Å²) < 4.78 is 5.61. The number of H-pyrrole nitrogens is 1. The summed E-state index contributed by atoms with van der Waals surface area (Å²) in [4.78, 5) is 12.1. The van der Waals surface area contributed by atoms with Crippen molar-refractivity contribution in [3.63, 3.8) is 0 Å². The average Bonchev–Trinajstić information content (AvgIpc) is 2.97. The van der Waals surface area contributed by atoms with Crippen LogP contribution in [0.25, 0.3) is 0 Å². The van der Waals surface area contributed by atoms with Gasteiger partial charge in [0.15, 0.2) is 0 Å². The maximum Gasteiger partial charge on any atom is 0.227 e. The number of aromatic amines is 1. The van der Waals surface area contributed by atoms with Crippen LogP contribution < -0.4 is 10.1 Å². The molecule has 1 unspecified atom stereocenters. The predicted molar refractivity (Wildman–Crippen MR) is 69.6 cm³/mol. The lowest BCUT2D eigenvalue weighted by Gasteiger charge is -2.24. The van der Waals surface area contributed by atoms with Gasteiger partial charge in [0.1, 0.15) is 12.4 Å². The van der Waals surface area contributed by atoms with Crippen molar-refractivity contribution in [1.82, 2.24) is 15.5 Å². The Hall–Kier alpha value is -2.30. The van der Waals surface area contributed by atoms with E-state index in [-0.39, 0.29) is 11.8 Å². The fraction of sp³-hybridized carbons (Fsp3) is 0.286. The van der Waals surface area contributed by atoms with Crippen LogP contribution in [0.5, 0.6) is 5.75 Å². The van der Waals surface area contributed by atoms with E-state index < -0.39 is 0 Å². The van der Waals surface area contributed by atoms with E-state index in [0.29, 0.717) is 13.2 Å². The fourth-order valence-corrected chi connectivity index (χ4v) is 2.21. The molecule has 0 fully saturated rings. The van der Waals surface area contributed by atoms with Crippen molar-refractivity contribution in [1.29, 1.82) is 0 Å². The number of hydrogen-bond acceptors (Lipinski definition) is 3. The van der Waals surface area contributed by atoms with E-state index in [1.807, 2.05) is 30.3 Å². The van der Waals surface area contributed by atoms with Gasteiger partial charge in [-0.3, -0.25) is 9.89 Å². The first-order chi connectivity index (χ1) is 9.33. The van der Waals surface area contributed by atoms with Crippen LogP contribution in [0.15, 0.2) is 36.5 Å². The minimum absolute atomic E-state index is 0.0177. The summed E-state index contributed by atoms with van der Waals surface area (Å²) >= 11 is 0. The molecule has 19 heavy (non-hydrogen) atoms. The molecule has 1 aliphatic rings. The summed E-state index contributed by atoms with van der Waals surface area (Å²) in [6.07, 6.45) is 2.40. The lowest BCUT2D eigenvalue weighted by Crippen LogP contribution is -2.37. The third-order valence-electron chi connectivity index (χ3n) is 3.26. The van der Waals surface area contributed by atoms with Crippen molar-refractivity contribution in [3.05, 3.63) is 47.8 Å². The number of fused-ring (bicyclic) bond motifs is 1. The third kappa shape index (κ3) is 2.59. The first-order valence-electron chi connectivity index (χ1n) is 6.29. The molecule has 0 saturated carbocycles. The van der Waals surface area contributed by atoms with Gasteiger partial charge in [-0.05, 0) is 24.1 Å². The Bertz CT molecular complexity index is 566. The molecule has 1 aromatic heterocycles. The molecule has 1 atom stereocenters. The van der Waals surface area contributed by atoms with E-state index in [1.165, 1.54) is 0 Å². The van der Waals surface area contributed by atoms with E-state index in [4.69, 9.17) is 4.74 Å². The topological polar surface area (TPSA) is 67.0 Å². The van der Waals surface area contributed by atoms with Gasteiger partial charge in [-0.15, -0.1) is 0 Å². The van der Waals surface area contributed by atoms with Gasteiger partial charge in [0.25, 0.3) is 0 Å². The summed E-state index contributed by atoms with van der Waals surface area (Å²) in [6, 6.07) is 9.69. The number of para-hydroxylation sites is 1. The fourth-order valence-electron chi connectivity index (χ4n) is 2.21. The van der Waals surface area contributed by atoms with Crippen molar-refractivity contribution in [2.75, 3.05) is 6.61 Å². The normalized spacial score (nSPS) is 17.4. The number of carbonyl (C=O) groups is 1. The molecule has 5 nitrogen and oxygen atoms in total. The summed E-state index contributed by atoms with van der Waals surface area (Å²) in [5, 5.41) is 9.55. The molecule has 0 aliphatic carbocycles. The third-order valence-corrected chi connectivity index (χ3v) is 3.26. The highest BCUT2D eigenvalue weighted by Gasteiger charge is 2.25. The first kappa shape index (κ1) is 11.8. The molecule has 2 heterocycles. The Balaban J connectivity index is 1.60. The number of hydrogen-bond donors (Lipinski definition) is 2. The first-order valence-corrected chi connectivity index (χ1v) is 6.29. The van der Waals surface area contributed by atoms with E-state index in [1.54, 1.807) is 6.20 Å². The smallest absolute Gasteiger partial charge is 0.227 e. The van der Waals surface area contributed by atoms with Gasteiger partial charge in [0.2, 0.25) is 5.91 Å². The summed E-state index contributed by atoms with van der Waals surface area (Å²) in [5.74, 6) is 0.780. The Morgan fingerprint density at radius 2 is 2.32 bits per heavy atom. The van der Waals surface area contributed by atoms with Gasteiger partial charge in [-0.2, -0.15) is 5.10 Å². The highest BCUT2D eigenvalue weighted by atomic mass is 16.5. The minimum Gasteiger partial charge on any atom is -0.492 e. The van der Waals surface area contributed by atoms with Gasteiger partial charge in [-0.1, -0.05) is 18.2 Å². The molecule has 2 N–H and O–H groups in total. The molecule has 0 spiro atoms. The summed E-state index contributed by atoms with van der Waals surface area (Å²) in [7, 11) is 0. The van der Waals surface area contributed by atoms with E-state index in [9.17, 15) is 4.79 Å². The molecule has 0 radical (unpaired) electrons. The van der Waals surface area contributed by atoms with Crippen LogP contribution in [0.4, 0.5) is 0 Å². The zero-order valence-electron chi connectivity index (χ0n) is 10.4. The van der Waals surface area contributed by atoms with Crippen molar-refractivity contribution in [2.24, 2.45) is 5.92 Å². The van der Waals surface area contributed by atoms with Crippen LogP contribution in [0.3, 0.4) is 0 Å². The number of rotatable bonds is 3. The number of amides is 1. The van der Waals surface area contributed by atoms with E-state index in [0.717, 1.165) is 23.4 Å². The Labute approximate surface area is 111 Å². The summed E-state index contributed by atoms with van der Waals surface area (Å²) in [6.45, 7) is 0.906. The highest BCUT2D eigenvalue weighted by Crippen LogP contribution is 2.26. The molecule has 0 saturated heterocycles. The Morgan fingerprint density at radius 1 is 1.42 bits per heavy atom. The lowest BCUT2D eigenvalue weighted by molar-refractivity contribution is -0.126. The second-order valence-corrected chi connectivity index (χ2v) is 4.62. The molecule has 1 amide bonds. The number of carbonyl (C=O) groups excluding carboxylic acids is 1. The van der Waals surface area contributed by atoms with Gasteiger partial charge in [0.05, 0.1) is 18.2 Å². The minimum atomic E-state index is -0.127. The number of nitrogens with one attached hydrogen (secondary N) is 2. The van der Waals surface area contributed by atoms with Crippen molar-refractivity contribution in [2.45, 2.75) is 13.0 Å². The molecule has 5 heteroatoms. The van der Waals surface area contributed by atoms with Gasteiger partial charge in [0, 0.05) is 6.20 Å². The molecular weight excluding hydrogens is 242 g/mol. The largest absolute Gasteiger partial charge is 0.492 e. The van der Waals surface area contributed by atoms with Crippen LogP contribution in [-0.4, -0.2) is 22.7 Å². The van der Waals surface area contributed by atoms with Gasteiger partial charge in [-0.25, -0.2) is 0 Å². The molecule has 3 rings (SSSR count). The van der Waals surface area contributed by atoms with Crippen LogP contribution in [-0.2, 0) is 17.8 Å². The quantitative estimate of drug-likeness (QED) is 0.870. The lowest BCUT2D eigenvalue weighted by atomic mass is 9.96. The predicted octanol–water partition coefficient (Wildman–Crippen LogP) is 1.28. The molecule has 1 aliphatic heterocycles. The van der Waals surface area contributed by atoms with Gasteiger partial charge < -0.3 is 10.1 Å². The molecule has 2 aromatic rings. The summed E-state index contributed by atoms with van der Waals surface area (Å²) in [5.41, 5.74) is 1.99. The Kier molecular flexibility index (Phi) is 3.18. The zero-order chi connectivity index (χ0) is 13.1. The highest BCUT2D eigenvalue weighted by molar-refractivity contribution is 5.79. The maximum absolute atomic E-state index is 12.1. The Morgan fingerprint density at radius 3 is 3.16 bits per heavy atom. The van der Waals surface area contributed by atoms with E-state index >= 15 is 0 Å². The second kappa shape index (κ2) is 5.14. The van der Waals surface area contributed by atoms with Crippen molar-refractivity contribution < 1.29 is 9.53 Å². The van der Waals surface area contributed by atoms with Crippen LogP contribution in [0.2, 0.25) is 0 Å². The monoisotopic (exact) mass is 257 g/mol. The van der Waals surface area contributed by atoms with Crippen LogP contribution in [0.1, 0.15) is 11.3 Å². The molecular formula is C14H15N3O2. The molecule has 0 bridgehead atoms. The molecule has 1 aromatic carbocycles. The van der Waals surface area contributed by atoms with Crippen LogP contribution >= 0.6 is 0 Å². The van der Waals surface area contributed by atoms with Crippen LogP contribution in [0, 0.1) is 5.92 Å². The average molecular weight is 257 g/mol. The zero-order valence-corrected chi connectivity index (χ0v) is 10.4. The second-order valence-electron chi connectivity index (χ2n) is 4.62. The molecule has 98 valence electrons. The van der Waals surface area contributed by atoms with Crippen molar-refractivity contribution >= 4 is 5.91 Å².